The average molecular weight is 568 g/mol. The van der Waals surface area contributed by atoms with Gasteiger partial charge in [0.25, 0.3) is 11.8 Å². The van der Waals surface area contributed by atoms with Crippen LogP contribution in [0.4, 0.5) is 0 Å². The van der Waals surface area contributed by atoms with Crippen molar-refractivity contribution in [2.75, 3.05) is 13.7 Å². The molecule has 2 rings (SSSR count). The highest BCUT2D eigenvalue weighted by Gasteiger charge is 2.24. The van der Waals surface area contributed by atoms with Gasteiger partial charge in [0.05, 0.1) is 16.9 Å². The van der Waals surface area contributed by atoms with Gasteiger partial charge in [0.2, 0.25) is 0 Å². The minimum absolute atomic E-state index is 0.119. The Morgan fingerprint density at radius 3 is 2.56 bits per heavy atom. The van der Waals surface area contributed by atoms with Gasteiger partial charge in [-0.1, -0.05) is 31.4 Å². The van der Waals surface area contributed by atoms with Gasteiger partial charge in [-0.25, -0.2) is 5.43 Å². The number of terminal acetylenes is 1. The third-order valence-corrected chi connectivity index (χ3v) is 5.34. The van der Waals surface area contributed by atoms with Gasteiger partial charge in [0, 0.05) is 10.6 Å². The molecular weight excluding hydrogens is 545 g/mol. The zero-order valence-electron chi connectivity index (χ0n) is 17.8. The van der Waals surface area contributed by atoms with Crippen molar-refractivity contribution in [3.8, 4) is 23.8 Å². The van der Waals surface area contributed by atoms with Crippen molar-refractivity contribution >= 4 is 52.2 Å². The summed E-state index contributed by atoms with van der Waals surface area (Å²) in [5, 5.41) is 7.28. The number of hydrogen-bond acceptors (Lipinski definition) is 5. The highest BCUT2D eigenvalue weighted by molar-refractivity contribution is 14.1. The maximum absolute atomic E-state index is 12.6. The standard InChI is InChI=1S/C23H23ClIN3O4/c1-5-10-32-21-18(25)11-15(12-19(21)31-4)13-26-28-23(30)20(14(2)3)27-22(29)16-6-8-17(24)9-7-16/h1,6-9,11-14,20H,10H2,2-4H3,(H,27,29)(H,28,30). The minimum atomic E-state index is -0.774. The third kappa shape index (κ3) is 7.14. The number of ether oxygens (including phenoxy) is 2. The predicted molar refractivity (Wildman–Crippen MR) is 133 cm³/mol. The van der Waals surface area contributed by atoms with Crippen LogP contribution in [0.1, 0.15) is 29.8 Å². The van der Waals surface area contributed by atoms with Gasteiger partial charge in [-0.2, -0.15) is 5.10 Å². The first-order valence-corrected chi connectivity index (χ1v) is 11.1. The maximum Gasteiger partial charge on any atom is 0.262 e. The summed E-state index contributed by atoms with van der Waals surface area (Å²) < 4.78 is 11.6. The summed E-state index contributed by atoms with van der Waals surface area (Å²) in [4.78, 5) is 25.1. The van der Waals surface area contributed by atoms with Crippen LogP contribution in [0.3, 0.4) is 0 Å². The van der Waals surface area contributed by atoms with E-state index in [1.165, 1.54) is 13.3 Å². The molecule has 0 aromatic heterocycles. The summed E-state index contributed by atoms with van der Waals surface area (Å²) in [5.74, 6) is 2.48. The van der Waals surface area contributed by atoms with Crippen LogP contribution in [0.25, 0.3) is 0 Å². The number of hydrogen-bond donors (Lipinski definition) is 2. The largest absolute Gasteiger partial charge is 0.493 e. The van der Waals surface area contributed by atoms with Gasteiger partial charge in [0.1, 0.15) is 12.6 Å². The van der Waals surface area contributed by atoms with E-state index in [2.05, 4.69) is 44.4 Å². The van der Waals surface area contributed by atoms with Crippen LogP contribution in [0.15, 0.2) is 41.5 Å². The molecule has 0 aliphatic rings. The van der Waals surface area contributed by atoms with E-state index in [0.29, 0.717) is 27.6 Å². The Kier molecular flexibility index (Phi) is 9.81. The molecule has 1 atom stereocenters. The summed E-state index contributed by atoms with van der Waals surface area (Å²) in [6, 6.07) is 9.17. The molecule has 0 aliphatic heterocycles. The van der Waals surface area contributed by atoms with E-state index in [1.807, 2.05) is 19.9 Å². The quantitative estimate of drug-likeness (QED) is 0.208. The van der Waals surface area contributed by atoms with E-state index in [0.717, 1.165) is 3.57 Å². The van der Waals surface area contributed by atoms with Gasteiger partial charge >= 0.3 is 0 Å². The lowest BCUT2D eigenvalue weighted by Gasteiger charge is -2.20. The van der Waals surface area contributed by atoms with Gasteiger partial charge in [-0.05, 0) is 70.5 Å². The molecule has 0 heterocycles. The number of nitrogens with one attached hydrogen (secondary N) is 2. The number of carbonyl (C=O) groups is 2. The van der Waals surface area contributed by atoms with Crippen LogP contribution >= 0.6 is 34.2 Å². The summed E-state index contributed by atoms with van der Waals surface area (Å²) in [7, 11) is 1.52. The first kappa shape index (κ1) is 25.5. The molecule has 0 saturated carbocycles. The Balaban J connectivity index is 2.08. The number of rotatable bonds is 9. The molecule has 0 saturated heterocycles. The van der Waals surface area contributed by atoms with Crippen LogP contribution in [-0.4, -0.2) is 37.8 Å². The molecule has 0 fully saturated rings. The highest BCUT2D eigenvalue weighted by atomic mass is 127. The molecule has 0 spiro atoms. The number of halogens is 2. The van der Waals surface area contributed by atoms with Crippen molar-refractivity contribution in [1.29, 1.82) is 0 Å². The Morgan fingerprint density at radius 1 is 1.28 bits per heavy atom. The van der Waals surface area contributed by atoms with Crippen molar-refractivity contribution in [3.05, 3.63) is 56.1 Å². The van der Waals surface area contributed by atoms with Crippen LogP contribution in [0.5, 0.6) is 11.5 Å². The van der Waals surface area contributed by atoms with Crippen molar-refractivity contribution in [3.63, 3.8) is 0 Å². The second kappa shape index (κ2) is 12.3. The molecule has 2 aromatic carbocycles. The fraction of sp³-hybridized carbons (Fsp3) is 0.261. The topological polar surface area (TPSA) is 89.0 Å². The number of hydrazone groups is 1. The zero-order chi connectivity index (χ0) is 23.7. The molecule has 1 unspecified atom stereocenters. The molecule has 0 aliphatic carbocycles. The number of amides is 2. The van der Waals surface area contributed by atoms with Gasteiger partial charge in [-0.3, -0.25) is 9.59 Å². The maximum atomic E-state index is 12.6. The summed E-state index contributed by atoms with van der Waals surface area (Å²) in [6.07, 6.45) is 6.72. The number of benzene rings is 2. The Labute approximate surface area is 206 Å². The highest BCUT2D eigenvalue weighted by Crippen LogP contribution is 2.33. The van der Waals surface area contributed by atoms with Crippen molar-refractivity contribution in [1.82, 2.24) is 10.7 Å². The van der Waals surface area contributed by atoms with E-state index in [4.69, 9.17) is 27.5 Å². The van der Waals surface area contributed by atoms with Crippen molar-refractivity contribution < 1.29 is 19.1 Å². The normalized spacial score (nSPS) is 11.7. The monoisotopic (exact) mass is 567 g/mol. The Morgan fingerprint density at radius 2 is 1.97 bits per heavy atom. The summed E-state index contributed by atoms with van der Waals surface area (Å²) >= 11 is 7.96. The zero-order valence-corrected chi connectivity index (χ0v) is 20.7. The van der Waals surface area contributed by atoms with Crippen LogP contribution < -0.4 is 20.2 Å². The molecule has 7 nitrogen and oxygen atoms in total. The number of carbonyl (C=O) groups excluding carboxylic acids is 2. The minimum Gasteiger partial charge on any atom is -0.493 e. The van der Waals surface area contributed by atoms with E-state index in [1.54, 1.807) is 30.3 Å². The summed E-state index contributed by atoms with van der Waals surface area (Å²) in [5.41, 5.74) is 3.57. The second-order valence-corrected chi connectivity index (χ2v) is 8.56. The Hall–Kier alpha value is -2.77. The second-order valence-electron chi connectivity index (χ2n) is 6.96. The molecule has 32 heavy (non-hydrogen) atoms. The molecule has 2 N–H and O–H groups in total. The van der Waals surface area contributed by atoms with E-state index in [9.17, 15) is 9.59 Å². The fourth-order valence-corrected chi connectivity index (χ4v) is 3.58. The molecule has 0 radical (unpaired) electrons. The van der Waals surface area contributed by atoms with E-state index >= 15 is 0 Å². The lowest BCUT2D eigenvalue weighted by molar-refractivity contribution is -0.123. The number of nitrogens with zero attached hydrogens (tertiary/aromatic N) is 1. The molecular formula is C23H23ClIN3O4. The molecule has 9 heteroatoms. The van der Waals surface area contributed by atoms with Crippen molar-refractivity contribution in [2.45, 2.75) is 19.9 Å². The molecule has 0 bridgehead atoms. The molecule has 2 aromatic rings. The first-order chi connectivity index (χ1) is 15.3. The van der Waals surface area contributed by atoms with Gasteiger partial charge in [-0.15, -0.1) is 6.42 Å². The van der Waals surface area contributed by atoms with E-state index < -0.39 is 11.9 Å². The Bertz CT molecular complexity index is 1030. The molecule has 168 valence electrons. The van der Waals surface area contributed by atoms with Crippen LogP contribution in [0, 0.1) is 21.8 Å². The first-order valence-electron chi connectivity index (χ1n) is 9.60. The molecule has 2 amide bonds. The lowest BCUT2D eigenvalue weighted by Crippen LogP contribution is -2.48. The summed E-state index contributed by atoms with van der Waals surface area (Å²) in [6.45, 7) is 3.78. The van der Waals surface area contributed by atoms with Gasteiger partial charge in [0.15, 0.2) is 11.5 Å². The van der Waals surface area contributed by atoms with Crippen LogP contribution in [-0.2, 0) is 4.79 Å². The smallest absolute Gasteiger partial charge is 0.262 e. The van der Waals surface area contributed by atoms with Crippen LogP contribution in [0.2, 0.25) is 5.02 Å². The lowest BCUT2D eigenvalue weighted by atomic mass is 10.0. The fourth-order valence-electron chi connectivity index (χ4n) is 2.67. The third-order valence-electron chi connectivity index (χ3n) is 4.28. The predicted octanol–water partition coefficient (Wildman–Crippen LogP) is 3.87. The SMILES string of the molecule is C#CCOc1c(I)cc(C=NNC(=O)C(NC(=O)c2ccc(Cl)cc2)C(C)C)cc1OC. The average Bonchev–Trinajstić information content (AvgIpc) is 2.76. The number of methoxy groups -OCH3 is 1. The van der Waals surface area contributed by atoms with E-state index in [-0.39, 0.29) is 18.4 Å². The van der Waals surface area contributed by atoms with Crippen molar-refractivity contribution in [2.24, 2.45) is 11.0 Å². The van der Waals surface area contributed by atoms with Gasteiger partial charge < -0.3 is 14.8 Å².